The lowest BCUT2D eigenvalue weighted by molar-refractivity contribution is 0.0939. The Morgan fingerprint density at radius 2 is 1.82 bits per heavy atom. The summed E-state index contributed by atoms with van der Waals surface area (Å²) in [5, 5.41) is 8.74. The molecule has 6 rings (SSSR count). The van der Waals surface area contributed by atoms with Gasteiger partial charge in [0.05, 0.1) is 33.2 Å². The van der Waals surface area contributed by atoms with Crippen LogP contribution in [0, 0.1) is 25.7 Å². The molecule has 0 bridgehead atoms. The number of hydrogen-bond acceptors (Lipinski definition) is 6. The molecule has 40 heavy (non-hydrogen) atoms. The van der Waals surface area contributed by atoms with Gasteiger partial charge in [-0.3, -0.25) is 14.2 Å². The first-order valence-electron chi connectivity index (χ1n) is 12.7. The van der Waals surface area contributed by atoms with Gasteiger partial charge in [-0.2, -0.15) is 5.10 Å². The molecule has 0 spiro atoms. The predicted octanol–water partition coefficient (Wildman–Crippen LogP) is 5.00. The van der Waals surface area contributed by atoms with E-state index >= 15 is 0 Å². The molecule has 2 aromatic carbocycles. The van der Waals surface area contributed by atoms with Gasteiger partial charge in [-0.25, -0.2) is 14.5 Å². The first-order valence-corrected chi connectivity index (χ1v) is 13.6. The Hall–Kier alpha value is -5.07. The maximum Gasteiger partial charge on any atom is 0.264 e. The molecule has 0 saturated carbocycles. The molecule has 8 nitrogen and oxygen atoms in total. The average molecular weight is 545 g/mol. The fraction of sp³-hybridized carbons (Fsp3) is 0.129. The van der Waals surface area contributed by atoms with Crippen molar-refractivity contribution < 1.29 is 4.79 Å². The summed E-state index contributed by atoms with van der Waals surface area (Å²) in [5.41, 5.74) is 5.83. The third kappa shape index (κ3) is 4.44. The number of rotatable bonds is 4. The molecule has 1 amide bonds. The van der Waals surface area contributed by atoms with Crippen molar-refractivity contribution in [3.05, 3.63) is 122 Å². The fourth-order valence-electron chi connectivity index (χ4n) is 4.80. The Bertz CT molecular complexity index is 2030. The lowest BCUT2D eigenvalue weighted by Gasteiger charge is -2.21. The number of nitrogens with zero attached hydrogens (tertiary/aromatic N) is 5. The molecule has 4 heterocycles. The number of benzene rings is 2. The van der Waals surface area contributed by atoms with E-state index in [-0.39, 0.29) is 11.5 Å². The Kier molecular flexibility index (Phi) is 6.46. The van der Waals surface area contributed by atoms with Gasteiger partial charge in [-0.05, 0) is 62.4 Å². The summed E-state index contributed by atoms with van der Waals surface area (Å²) in [4.78, 5) is 37.2. The maximum absolute atomic E-state index is 14.2. The molecule has 1 atom stereocenters. The minimum atomic E-state index is -0.516. The smallest absolute Gasteiger partial charge is 0.264 e. The molecule has 1 unspecified atom stereocenters. The van der Waals surface area contributed by atoms with Gasteiger partial charge in [0.2, 0.25) is 0 Å². The third-order valence-electron chi connectivity index (χ3n) is 6.73. The molecule has 196 valence electrons. The molecule has 0 fully saturated rings. The molecule has 0 aliphatic carbocycles. The van der Waals surface area contributed by atoms with Crippen LogP contribution in [0.3, 0.4) is 0 Å². The van der Waals surface area contributed by atoms with Crippen molar-refractivity contribution in [2.45, 2.75) is 26.8 Å². The van der Waals surface area contributed by atoms with Gasteiger partial charge in [0.1, 0.15) is 5.56 Å². The molecule has 1 N–H and O–H groups in total. The predicted molar refractivity (Wildman–Crippen MR) is 156 cm³/mol. The number of carbonyl (C=O) groups is 1. The van der Waals surface area contributed by atoms with E-state index in [1.165, 1.54) is 11.3 Å². The summed E-state index contributed by atoms with van der Waals surface area (Å²) in [5.74, 6) is 6.05. The van der Waals surface area contributed by atoms with Crippen molar-refractivity contribution in [1.82, 2.24) is 29.5 Å². The van der Waals surface area contributed by atoms with Crippen LogP contribution in [-0.2, 0) is 0 Å². The van der Waals surface area contributed by atoms with Crippen LogP contribution in [0.15, 0.2) is 83.4 Å². The van der Waals surface area contributed by atoms with Gasteiger partial charge >= 0.3 is 0 Å². The van der Waals surface area contributed by atoms with E-state index in [2.05, 4.69) is 32.2 Å². The van der Waals surface area contributed by atoms with Crippen LogP contribution in [0.25, 0.3) is 22.1 Å². The van der Waals surface area contributed by atoms with Crippen LogP contribution in [0.1, 0.15) is 50.8 Å². The standard InChI is InChI=1S/C31H24N6O2S/c1-19(34-30(38)27-21(3)35-36-16-8-15-32-29(27)36)25-17-23-10-7-9-22(13-14-26-20(2)33-18-40-26)28(23)31(39)37(25)24-11-5-4-6-12-24/h4-12,15-19H,1-3H3,(H,34,38). The van der Waals surface area contributed by atoms with Crippen molar-refractivity contribution in [3.63, 3.8) is 0 Å². The first kappa shape index (κ1) is 25.2. The maximum atomic E-state index is 14.2. The van der Waals surface area contributed by atoms with Gasteiger partial charge in [-0.1, -0.05) is 36.3 Å². The van der Waals surface area contributed by atoms with E-state index in [4.69, 9.17) is 0 Å². The molecule has 0 aliphatic rings. The van der Waals surface area contributed by atoms with Gasteiger partial charge in [0.25, 0.3) is 11.5 Å². The van der Waals surface area contributed by atoms with E-state index in [1.807, 2.05) is 68.4 Å². The van der Waals surface area contributed by atoms with Crippen LogP contribution in [0.5, 0.6) is 0 Å². The minimum absolute atomic E-state index is 0.209. The van der Waals surface area contributed by atoms with Gasteiger partial charge < -0.3 is 5.32 Å². The van der Waals surface area contributed by atoms with E-state index < -0.39 is 6.04 Å². The summed E-state index contributed by atoms with van der Waals surface area (Å²) in [6.07, 6.45) is 3.38. The zero-order chi connectivity index (χ0) is 27.8. The number of aromatic nitrogens is 5. The Morgan fingerprint density at radius 3 is 2.60 bits per heavy atom. The summed E-state index contributed by atoms with van der Waals surface area (Å²) >= 11 is 1.47. The number of thiazole rings is 1. The van der Waals surface area contributed by atoms with E-state index in [9.17, 15) is 9.59 Å². The molecule has 0 saturated heterocycles. The summed E-state index contributed by atoms with van der Waals surface area (Å²) in [7, 11) is 0. The average Bonchev–Trinajstić information content (AvgIpc) is 3.53. The van der Waals surface area contributed by atoms with E-state index in [1.54, 1.807) is 40.0 Å². The van der Waals surface area contributed by atoms with Crippen molar-refractivity contribution in [3.8, 4) is 17.5 Å². The molecule has 0 radical (unpaired) electrons. The van der Waals surface area contributed by atoms with Gasteiger partial charge in [-0.15, -0.1) is 11.3 Å². The zero-order valence-electron chi connectivity index (χ0n) is 22.0. The minimum Gasteiger partial charge on any atom is -0.344 e. The highest BCUT2D eigenvalue weighted by molar-refractivity contribution is 7.10. The Labute approximate surface area is 234 Å². The number of pyridine rings is 1. The third-order valence-corrected chi connectivity index (χ3v) is 7.58. The van der Waals surface area contributed by atoms with Crippen molar-refractivity contribution in [2.24, 2.45) is 0 Å². The number of amides is 1. The van der Waals surface area contributed by atoms with Crippen molar-refractivity contribution in [2.75, 3.05) is 0 Å². The Morgan fingerprint density at radius 1 is 1.00 bits per heavy atom. The summed E-state index contributed by atoms with van der Waals surface area (Å²) < 4.78 is 3.23. The normalized spacial score (nSPS) is 11.8. The first-order chi connectivity index (χ1) is 19.4. The van der Waals surface area contributed by atoms with E-state index in [0.717, 1.165) is 16.0 Å². The quantitative estimate of drug-likeness (QED) is 0.315. The topological polar surface area (TPSA) is 94.2 Å². The van der Waals surface area contributed by atoms with Crippen molar-refractivity contribution >= 4 is 33.7 Å². The largest absolute Gasteiger partial charge is 0.344 e. The van der Waals surface area contributed by atoms with E-state index in [0.29, 0.717) is 39.2 Å². The molecule has 4 aromatic heterocycles. The number of para-hydroxylation sites is 1. The second kappa shape index (κ2) is 10.2. The van der Waals surface area contributed by atoms with Crippen molar-refractivity contribution in [1.29, 1.82) is 0 Å². The van der Waals surface area contributed by atoms with Crippen LogP contribution >= 0.6 is 11.3 Å². The van der Waals surface area contributed by atoms with Crippen LogP contribution < -0.4 is 10.9 Å². The molecule has 0 aliphatic heterocycles. The van der Waals surface area contributed by atoms with Crippen LogP contribution in [0.2, 0.25) is 0 Å². The molecular weight excluding hydrogens is 520 g/mol. The lowest BCUT2D eigenvalue weighted by Crippen LogP contribution is -2.32. The molecule has 9 heteroatoms. The highest BCUT2D eigenvalue weighted by Crippen LogP contribution is 2.24. The highest BCUT2D eigenvalue weighted by atomic mass is 32.1. The zero-order valence-corrected chi connectivity index (χ0v) is 22.9. The SMILES string of the molecule is Cc1ncsc1C#Cc1cccc2cc(C(C)NC(=O)c3c(C)nn4cccnc34)n(-c3ccccc3)c(=O)c12. The fourth-order valence-corrected chi connectivity index (χ4v) is 5.45. The second-order valence-electron chi connectivity index (χ2n) is 9.38. The van der Waals surface area contributed by atoms with Crippen LogP contribution in [-0.4, -0.2) is 30.1 Å². The number of nitrogens with one attached hydrogen (secondary N) is 1. The lowest BCUT2D eigenvalue weighted by atomic mass is 10.0. The van der Waals surface area contributed by atoms with Gasteiger partial charge in [0, 0.05) is 29.3 Å². The number of carbonyl (C=O) groups excluding carboxylic acids is 1. The molecular formula is C31H24N6O2S. The molecule has 6 aromatic rings. The number of fused-ring (bicyclic) bond motifs is 2. The monoisotopic (exact) mass is 544 g/mol. The van der Waals surface area contributed by atoms with Gasteiger partial charge in [0.15, 0.2) is 5.65 Å². The van der Waals surface area contributed by atoms with Crippen LogP contribution in [0.4, 0.5) is 0 Å². The summed E-state index contributed by atoms with van der Waals surface area (Å²) in [6.45, 7) is 5.56. The summed E-state index contributed by atoms with van der Waals surface area (Å²) in [6, 6.07) is 18.2. The second-order valence-corrected chi connectivity index (χ2v) is 10.2. The highest BCUT2D eigenvalue weighted by Gasteiger charge is 2.23. The number of aryl methyl sites for hydroxylation is 2. The Balaban J connectivity index is 1.48. The number of hydrogen-bond donors (Lipinski definition) is 1.